The van der Waals surface area contributed by atoms with E-state index in [1.165, 1.54) is 0 Å². The van der Waals surface area contributed by atoms with Crippen molar-refractivity contribution in [1.82, 2.24) is 4.57 Å². The molecular formula is C27H21NO5. The van der Waals surface area contributed by atoms with Gasteiger partial charge in [0.15, 0.2) is 5.76 Å². The van der Waals surface area contributed by atoms with Crippen LogP contribution in [0, 0.1) is 6.92 Å². The molecule has 0 radical (unpaired) electrons. The van der Waals surface area contributed by atoms with Gasteiger partial charge in [-0.05, 0) is 55.5 Å². The maximum atomic E-state index is 12.9. The molecule has 1 aliphatic rings. The van der Waals surface area contributed by atoms with Crippen LogP contribution in [0.15, 0.2) is 72.6 Å². The van der Waals surface area contributed by atoms with Crippen LogP contribution in [-0.2, 0) is 7.05 Å². The molecular weight excluding hydrogens is 418 g/mol. The highest BCUT2D eigenvalue weighted by Gasteiger charge is 2.28. The zero-order valence-corrected chi connectivity index (χ0v) is 18.4. The summed E-state index contributed by atoms with van der Waals surface area (Å²) in [6.07, 6.45) is 3.66. The molecule has 0 N–H and O–H groups in total. The topological polar surface area (TPSA) is 66.8 Å². The average Bonchev–Trinajstić information content (AvgIpc) is 3.29. The Balaban J connectivity index is 1.42. The molecule has 0 bridgehead atoms. The lowest BCUT2D eigenvalue weighted by Crippen LogP contribution is -2.08. The Morgan fingerprint density at radius 3 is 2.52 bits per heavy atom. The number of nitrogens with zero attached hydrogens (tertiary/aromatic N) is 1. The lowest BCUT2D eigenvalue weighted by molar-refractivity contribution is 0.0734. The van der Waals surface area contributed by atoms with Crippen molar-refractivity contribution in [3.05, 3.63) is 94.9 Å². The number of ketones is 1. The maximum Gasteiger partial charge on any atom is 0.343 e. The van der Waals surface area contributed by atoms with Gasteiger partial charge in [-0.2, -0.15) is 0 Å². The van der Waals surface area contributed by atoms with Crippen molar-refractivity contribution < 1.29 is 23.8 Å². The standard InChI is InChI=1S/C27H21NO5/c1-16-4-6-17(7-5-16)27(30)32-20-8-10-21-24(14-20)33-25(26(21)29)12-18-15-28(2)23-11-9-19(31-3)13-22(18)23/h4-15H,1-3H3/b25-12+. The molecule has 5 rings (SSSR count). The number of rotatable bonds is 4. The quantitative estimate of drug-likeness (QED) is 0.244. The molecule has 4 aromatic rings. The van der Waals surface area contributed by atoms with Crippen molar-refractivity contribution >= 4 is 28.7 Å². The monoisotopic (exact) mass is 439 g/mol. The van der Waals surface area contributed by atoms with Crippen LogP contribution in [0.5, 0.6) is 17.2 Å². The van der Waals surface area contributed by atoms with E-state index in [0.29, 0.717) is 22.6 Å². The second kappa shape index (κ2) is 7.98. The first-order valence-corrected chi connectivity index (χ1v) is 10.4. The van der Waals surface area contributed by atoms with Crippen LogP contribution in [-0.4, -0.2) is 23.4 Å². The van der Waals surface area contributed by atoms with Crippen LogP contribution in [0.1, 0.15) is 31.8 Å². The number of aryl methyl sites for hydroxylation is 2. The third kappa shape index (κ3) is 3.76. The Kier molecular flexibility index (Phi) is 4.98. The van der Waals surface area contributed by atoms with Gasteiger partial charge in [0.25, 0.3) is 0 Å². The van der Waals surface area contributed by atoms with Crippen molar-refractivity contribution in [3.63, 3.8) is 0 Å². The van der Waals surface area contributed by atoms with E-state index in [2.05, 4.69) is 0 Å². The zero-order chi connectivity index (χ0) is 23.1. The molecule has 1 aromatic heterocycles. The van der Waals surface area contributed by atoms with E-state index < -0.39 is 5.97 Å². The molecule has 0 fully saturated rings. The van der Waals surface area contributed by atoms with E-state index in [4.69, 9.17) is 14.2 Å². The number of carbonyl (C=O) groups excluding carboxylic acids is 2. The molecule has 164 valence electrons. The molecule has 0 spiro atoms. The molecule has 6 nitrogen and oxygen atoms in total. The van der Waals surface area contributed by atoms with Gasteiger partial charge in [-0.15, -0.1) is 0 Å². The van der Waals surface area contributed by atoms with Crippen molar-refractivity contribution in [1.29, 1.82) is 0 Å². The van der Waals surface area contributed by atoms with E-state index in [1.54, 1.807) is 43.5 Å². The minimum atomic E-state index is -0.472. The number of carbonyl (C=O) groups is 2. The van der Waals surface area contributed by atoms with Gasteiger partial charge in [0.05, 0.1) is 18.2 Å². The highest BCUT2D eigenvalue weighted by Crippen LogP contribution is 2.36. The highest BCUT2D eigenvalue weighted by molar-refractivity contribution is 6.15. The number of ether oxygens (including phenoxy) is 3. The normalized spacial score (nSPS) is 13.8. The molecule has 2 heterocycles. The minimum Gasteiger partial charge on any atom is -0.497 e. The van der Waals surface area contributed by atoms with Crippen molar-refractivity contribution in [2.75, 3.05) is 7.11 Å². The van der Waals surface area contributed by atoms with Gasteiger partial charge in [0.2, 0.25) is 5.78 Å². The molecule has 0 amide bonds. The van der Waals surface area contributed by atoms with E-state index >= 15 is 0 Å². The van der Waals surface area contributed by atoms with E-state index in [0.717, 1.165) is 27.8 Å². The summed E-state index contributed by atoms with van der Waals surface area (Å²) in [6.45, 7) is 1.95. The number of aromatic nitrogens is 1. The fourth-order valence-electron chi connectivity index (χ4n) is 3.87. The van der Waals surface area contributed by atoms with Crippen LogP contribution in [0.4, 0.5) is 0 Å². The van der Waals surface area contributed by atoms with Gasteiger partial charge >= 0.3 is 5.97 Å². The van der Waals surface area contributed by atoms with Gasteiger partial charge in [-0.3, -0.25) is 4.79 Å². The Bertz CT molecular complexity index is 1440. The number of hydrogen-bond donors (Lipinski definition) is 0. The first kappa shape index (κ1) is 20.6. The number of hydrogen-bond acceptors (Lipinski definition) is 5. The predicted molar refractivity (Wildman–Crippen MR) is 125 cm³/mol. The Morgan fingerprint density at radius 1 is 1.00 bits per heavy atom. The first-order valence-electron chi connectivity index (χ1n) is 10.4. The smallest absolute Gasteiger partial charge is 0.343 e. The zero-order valence-electron chi connectivity index (χ0n) is 18.4. The maximum absolute atomic E-state index is 12.9. The molecule has 33 heavy (non-hydrogen) atoms. The summed E-state index contributed by atoms with van der Waals surface area (Å²) in [5.74, 6) is 0.917. The van der Waals surface area contributed by atoms with Gasteiger partial charge in [-0.1, -0.05) is 17.7 Å². The van der Waals surface area contributed by atoms with Crippen molar-refractivity contribution in [2.45, 2.75) is 6.92 Å². The van der Waals surface area contributed by atoms with Crippen LogP contribution >= 0.6 is 0 Å². The molecule has 0 aliphatic carbocycles. The minimum absolute atomic E-state index is 0.210. The summed E-state index contributed by atoms with van der Waals surface area (Å²) in [7, 11) is 3.56. The fraction of sp³-hybridized carbons (Fsp3) is 0.111. The summed E-state index contributed by atoms with van der Waals surface area (Å²) in [4.78, 5) is 25.3. The number of esters is 1. The van der Waals surface area contributed by atoms with E-state index in [-0.39, 0.29) is 11.5 Å². The molecule has 0 saturated carbocycles. The Morgan fingerprint density at radius 2 is 1.76 bits per heavy atom. The Hall–Kier alpha value is -4.32. The van der Waals surface area contributed by atoms with Gasteiger partial charge in [-0.25, -0.2) is 4.79 Å². The van der Waals surface area contributed by atoms with Crippen molar-refractivity contribution in [2.24, 2.45) is 7.05 Å². The van der Waals surface area contributed by atoms with E-state index in [1.807, 2.05) is 55.1 Å². The number of Topliss-reactive ketones (excluding diaryl/α,β-unsaturated/α-hetero) is 1. The molecule has 6 heteroatoms. The number of benzene rings is 3. The van der Waals surface area contributed by atoms with Crippen LogP contribution < -0.4 is 14.2 Å². The third-order valence-electron chi connectivity index (χ3n) is 5.65. The molecule has 1 aliphatic heterocycles. The molecule has 0 saturated heterocycles. The predicted octanol–water partition coefficient (Wildman–Crippen LogP) is 5.33. The second-order valence-electron chi connectivity index (χ2n) is 7.93. The average molecular weight is 439 g/mol. The lowest BCUT2D eigenvalue weighted by Gasteiger charge is -2.06. The molecule has 0 unspecified atom stereocenters. The van der Waals surface area contributed by atoms with Gasteiger partial charge < -0.3 is 18.8 Å². The first-order chi connectivity index (χ1) is 15.9. The highest BCUT2D eigenvalue weighted by atomic mass is 16.5. The summed E-state index contributed by atoms with van der Waals surface area (Å²) < 4.78 is 18.7. The molecule has 3 aromatic carbocycles. The summed E-state index contributed by atoms with van der Waals surface area (Å²) in [5.41, 5.74) is 3.78. The number of allylic oxidation sites excluding steroid dienone is 1. The van der Waals surface area contributed by atoms with Crippen LogP contribution in [0.3, 0.4) is 0 Å². The largest absolute Gasteiger partial charge is 0.497 e. The molecule has 0 atom stereocenters. The van der Waals surface area contributed by atoms with Gasteiger partial charge in [0.1, 0.15) is 17.2 Å². The summed E-state index contributed by atoms with van der Waals surface area (Å²) >= 11 is 0. The number of fused-ring (bicyclic) bond motifs is 2. The summed E-state index contributed by atoms with van der Waals surface area (Å²) in [6, 6.07) is 17.7. The summed E-state index contributed by atoms with van der Waals surface area (Å²) in [5, 5.41) is 0.949. The lowest BCUT2D eigenvalue weighted by atomic mass is 10.1. The second-order valence-corrected chi connectivity index (χ2v) is 7.93. The Labute approximate surface area is 190 Å². The van der Waals surface area contributed by atoms with E-state index in [9.17, 15) is 9.59 Å². The fourth-order valence-corrected chi connectivity index (χ4v) is 3.87. The third-order valence-corrected chi connectivity index (χ3v) is 5.65. The van der Waals surface area contributed by atoms with Gasteiger partial charge in [0, 0.05) is 35.8 Å². The van der Waals surface area contributed by atoms with Crippen molar-refractivity contribution in [3.8, 4) is 17.2 Å². The SMILES string of the molecule is COc1ccc2c(c1)c(/C=C1/Oc3cc(OC(=O)c4ccc(C)cc4)ccc3C1=O)cn2C. The van der Waals surface area contributed by atoms with Crippen LogP contribution in [0.25, 0.3) is 17.0 Å². The van der Waals surface area contributed by atoms with Crippen LogP contribution in [0.2, 0.25) is 0 Å². The number of methoxy groups -OCH3 is 1.